The fourth-order valence-corrected chi connectivity index (χ4v) is 1.80. The van der Waals surface area contributed by atoms with E-state index in [1.807, 2.05) is 18.2 Å². The van der Waals surface area contributed by atoms with Gasteiger partial charge in [-0.25, -0.2) is 4.79 Å². The number of nitrogens with two attached hydrogens (primary N) is 2. The number of hydrogen-bond donors (Lipinski definition) is 4. The van der Waals surface area contributed by atoms with Gasteiger partial charge < -0.3 is 22.1 Å². The first kappa shape index (κ1) is 13.7. The number of thiocarbonyl (C=S) groups is 1. The molecule has 0 bridgehead atoms. The van der Waals surface area contributed by atoms with Crippen LogP contribution < -0.4 is 22.1 Å². The van der Waals surface area contributed by atoms with Crippen molar-refractivity contribution in [2.75, 3.05) is 18.4 Å². The maximum atomic E-state index is 10.5. The van der Waals surface area contributed by atoms with Crippen molar-refractivity contribution in [2.45, 2.75) is 0 Å². The average Bonchev–Trinajstić information content (AvgIpc) is 2.23. The van der Waals surface area contributed by atoms with Crippen LogP contribution in [0.2, 0.25) is 0 Å². The lowest BCUT2D eigenvalue weighted by Gasteiger charge is -2.11. The number of halogens is 1. The Kier molecular flexibility index (Phi) is 5.17. The van der Waals surface area contributed by atoms with E-state index in [4.69, 9.17) is 23.7 Å². The lowest BCUT2D eigenvalue weighted by molar-refractivity contribution is 0.249. The smallest absolute Gasteiger partial charge is 0.312 e. The maximum Gasteiger partial charge on any atom is 0.312 e. The molecule has 1 rings (SSSR count). The summed E-state index contributed by atoms with van der Waals surface area (Å²) < 4.78 is 0.919. The number of amides is 2. The number of carbonyl (C=O) groups excluding carboxylic acids is 1. The summed E-state index contributed by atoms with van der Waals surface area (Å²) in [4.78, 5) is 10.8. The topological polar surface area (TPSA) is 93.2 Å². The standard InChI is InChI=1S/C10H13BrN4OS/c11-6-1-2-7(9(12)17)8(5-6)14-3-4-15-10(13)16/h1-2,5,14H,3-4H2,(H2,12,17)(H3,13,15,16). The molecule has 0 fully saturated rings. The van der Waals surface area contributed by atoms with Gasteiger partial charge in [-0.1, -0.05) is 28.1 Å². The quantitative estimate of drug-likeness (QED) is 0.484. The van der Waals surface area contributed by atoms with Crippen LogP contribution in [0.3, 0.4) is 0 Å². The normalized spacial score (nSPS) is 9.71. The number of anilines is 1. The molecule has 0 heterocycles. The summed E-state index contributed by atoms with van der Waals surface area (Å²) in [5.41, 5.74) is 12.1. The molecule has 17 heavy (non-hydrogen) atoms. The fraction of sp³-hybridized carbons (Fsp3) is 0.200. The van der Waals surface area contributed by atoms with Crippen molar-refractivity contribution < 1.29 is 4.79 Å². The van der Waals surface area contributed by atoms with Gasteiger partial charge in [0.1, 0.15) is 4.99 Å². The summed E-state index contributed by atoms with van der Waals surface area (Å²) in [6.45, 7) is 0.966. The van der Waals surface area contributed by atoms with E-state index in [0.717, 1.165) is 15.7 Å². The Hall–Kier alpha value is -1.34. The van der Waals surface area contributed by atoms with Gasteiger partial charge >= 0.3 is 6.03 Å². The zero-order valence-electron chi connectivity index (χ0n) is 9.00. The Bertz CT molecular complexity index is 438. The Morgan fingerprint density at radius 3 is 2.65 bits per heavy atom. The molecule has 92 valence electrons. The lowest BCUT2D eigenvalue weighted by Crippen LogP contribution is -2.33. The second kappa shape index (κ2) is 6.41. The second-order valence-electron chi connectivity index (χ2n) is 3.27. The van der Waals surface area contributed by atoms with Gasteiger partial charge in [0.15, 0.2) is 0 Å². The summed E-state index contributed by atoms with van der Waals surface area (Å²) in [6.07, 6.45) is 0. The SMILES string of the molecule is NC(=O)NCCNc1cc(Br)ccc1C(N)=S. The van der Waals surface area contributed by atoms with E-state index in [-0.39, 0.29) is 0 Å². The van der Waals surface area contributed by atoms with Gasteiger partial charge in [0.25, 0.3) is 0 Å². The first-order valence-electron chi connectivity index (χ1n) is 4.87. The Morgan fingerprint density at radius 1 is 1.35 bits per heavy atom. The van der Waals surface area contributed by atoms with E-state index in [1.54, 1.807) is 0 Å². The molecule has 0 saturated heterocycles. The molecule has 0 aliphatic heterocycles. The highest BCUT2D eigenvalue weighted by Crippen LogP contribution is 2.21. The summed E-state index contributed by atoms with van der Waals surface area (Å²) in [5.74, 6) is 0. The first-order chi connectivity index (χ1) is 8.00. The highest BCUT2D eigenvalue weighted by atomic mass is 79.9. The number of carbonyl (C=O) groups is 1. The molecule has 0 atom stereocenters. The monoisotopic (exact) mass is 316 g/mol. The predicted molar refractivity (Wildman–Crippen MR) is 76.1 cm³/mol. The number of hydrogen-bond acceptors (Lipinski definition) is 3. The third kappa shape index (κ3) is 4.58. The van der Waals surface area contributed by atoms with Crippen LogP contribution in [-0.2, 0) is 0 Å². The second-order valence-corrected chi connectivity index (χ2v) is 4.63. The van der Waals surface area contributed by atoms with Crippen LogP contribution >= 0.6 is 28.1 Å². The number of nitrogens with one attached hydrogen (secondary N) is 2. The van der Waals surface area contributed by atoms with Crippen LogP contribution in [0.4, 0.5) is 10.5 Å². The predicted octanol–water partition coefficient (Wildman–Crippen LogP) is 1.16. The average molecular weight is 317 g/mol. The molecule has 0 saturated carbocycles. The van der Waals surface area contributed by atoms with Crippen LogP contribution in [0.1, 0.15) is 5.56 Å². The third-order valence-electron chi connectivity index (χ3n) is 1.99. The molecule has 0 radical (unpaired) electrons. The molecule has 2 amide bonds. The summed E-state index contributed by atoms with van der Waals surface area (Å²) in [5, 5.41) is 5.60. The number of primary amides is 1. The molecule has 7 heteroatoms. The lowest BCUT2D eigenvalue weighted by atomic mass is 10.2. The van der Waals surface area contributed by atoms with Gasteiger partial charge in [-0.05, 0) is 18.2 Å². The Balaban J connectivity index is 2.65. The van der Waals surface area contributed by atoms with Crippen molar-refractivity contribution in [3.8, 4) is 0 Å². The summed E-state index contributed by atoms with van der Waals surface area (Å²) in [7, 11) is 0. The van der Waals surface area contributed by atoms with E-state index in [9.17, 15) is 4.79 Å². The van der Waals surface area contributed by atoms with E-state index >= 15 is 0 Å². The van der Waals surface area contributed by atoms with Crippen molar-refractivity contribution in [1.29, 1.82) is 0 Å². The maximum absolute atomic E-state index is 10.5. The zero-order valence-corrected chi connectivity index (χ0v) is 11.4. The van der Waals surface area contributed by atoms with Crippen molar-refractivity contribution >= 4 is 44.9 Å². The number of urea groups is 1. The largest absolute Gasteiger partial charge is 0.389 e. The minimum absolute atomic E-state index is 0.322. The van der Waals surface area contributed by atoms with E-state index in [0.29, 0.717) is 18.1 Å². The minimum atomic E-state index is -0.546. The van der Waals surface area contributed by atoms with E-state index in [1.165, 1.54) is 0 Å². The molecule has 0 spiro atoms. The van der Waals surface area contributed by atoms with Gasteiger partial charge in [0.2, 0.25) is 0 Å². The van der Waals surface area contributed by atoms with Crippen molar-refractivity contribution in [1.82, 2.24) is 5.32 Å². The number of benzene rings is 1. The van der Waals surface area contributed by atoms with Gasteiger partial charge in [-0.15, -0.1) is 0 Å². The van der Waals surface area contributed by atoms with Gasteiger partial charge in [0, 0.05) is 28.8 Å². The van der Waals surface area contributed by atoms with E-state index in [2.05, 4.69) is 26.6 Å². The Morgan fingerprint density at radius 2 is 2.06 bits per heavy atom. The molecule has 0 aliphatic rings. The number of rotatable bonds is 5. The highest BCUT2D eigenvalue weighted by molar-refractivity contribution is 9.10. The van der Waals surface area contributed by atoms with Crippen molar-refractivity contribution in [2.24, 2.45) is 11.5 Å². The summed E-state index contributed by atoms with van der Waals surface area (Å²) >= 11 is 8.31. The van der Waals surface area contributed by atoms with E-state index < -0.39 is 6.03 Å². The fourth-order valence-electron chi connectivity index (χ4n) is 1.26. The van der Waals surface area contributed by atoms with Crippen molar-refractivity contribution in [3.63, 3.8) is 0 Å². The molecular formula is C10H13BrN4OS. The minimum Gasteiger partial charge on any atom is -0.389 e. The molecule has 0 unspecified atom stereocenters. The zero-order chi connectivity index (χ0) is 12.8. The van der Waals surface area contributed by atoms with Crippen LogP contribution in [0.25, 0.3) is 0 Å². The Labute approximate surface area is 113 Å². The van der Waals surface area contributed by atoms with Gasteiger partial charge in [-0.2, -0.15) is 0 Å². The van der Waals surface area contributed by atoms with Gasteiger partial charge in [-0.3, -0.25) is 0 Å². The molecule has 1 aromatic carbocycles. The van der Waals surface area contributed by atoms with Crippen molar-refractivity contribution in [3.05, 3.63) is 28.2 Å². The molecule has 1 aromatic rings. The van der Waals surface area contributed by atoms with Crippen LogP contribution in [0, 0.1) is 0 Å². The van der Waals surface area contributed by atoms with Crippen LogP contribution in [0.15, 0.2) is 22.7 Å². The van der Waals surface area contributed by atoms with Crippen LogP contribution in [-0.4, -0.2) is 24.1 Å². The van der Waals surface area contributed by atoms with Crippen LogP contribution in [0.5, 0.6) is 0 Å². The molecule has 0 aromatic heterocycles. The molecule has 0 aliphatic carbocycles. The highest BCUT2D eigenvalue weighted by Gasteiger charge is 2.05. The molecule has 5 nitrogen and oxygen atoms in total. The van der Waals surface area contributed by atoms with Gasteiger partial charge in [0.05, 0.1) is 0 Å². The third-order valence-corrected chi connectivity index (χ3v) is 2.70. The molecular weight excluding hydrogens is 304 g/mol. The summed E-state index contributed by atoms with van der Waals surface area (Å²) in [6, 6.07) is 5.02. The molecule has 6 N–H and O–H groups in total. The first-order valence-corrected chi connectivity index (χ1v) is 6.07.